The minimum atomic E-state index is -3.55. The van der Waals surface area contributed by atoms with Crippen molar-refractivity contribution in [1.29, 1.82) is 0 Å². The monoisotopic (exact) mass is 312 g/mol. The van der Waals surface area contributed by atoms with Crippen LogP contribution >= 0.6 is 0 Å². The van der Waals surface area contributed by atoms with Gasteiger partial charge in [0.05, 0.1) is 16.6 Å². The second-order valence-electron chi connectivity index (χ2n) is 6.47. The van der Waals surface area contributed by atoms with E-state index in [9.17, 15) is 8.42 Å². The van der Waals surface area contributed by atoms with Crippen molar-refractivity contribution in [3.8, 4) is 0 Å². The van der Waals surface area contributed by atoms with Gasteiger partial charge in [0.25, 0.3) is 0 Å². The van der Waals surface area contributed by atoms with E-state index in [1.54, 1.807) is 26.0 Å². The number of nitrogens with zero attached hydrogens (tertiary/aromatic N) is 1. The summed E-state index contributed by atoms with van der Waals surface area (Å²) in [6.45, 7) is 10.0. The van der Waals surface area contributed by atoms with E-state index in [0.29, 0.717) is 34.8 Å². The van der Waals surface area contributed by atoms with Gasteiger partial charge in [0, 0.05) is 18.8 Å². The van der Waals surface area contributed by atoms with E-state index in [1.807, 2.05) is 20.8 Å². The molecule has 0 aliphatic carbocycles. The fraction of sp³-hybridized carbons (Fsp3) is 0.600. The van der Waals surface area contributed by atoms with Crippen LogP contribution < -0.4 is 5.73 Å². The molecule has 0 saturated carbocycles. The lowest BCUT2D eigenvalue weighted by Gasteiger charge is -2.41. The first-order chi connectivity index (χ1) is 9.53. The number of hydrogen-bond donors (Lipinski definition) is 1. The molecular formula is C15H24N2O3S. The van der Waals surface area contributed by atoms with Crippen molar-refractivity contribution in [1.82, 2.24) is 4.31 Å². The molecule has 0 spiro atoms. The molecule has 5 nitrogen and oxygen atoms in total. The topological polar surface area (TPSA) is 72.6 Å². The number of sulfonamides is 1. The molecule has 1 unspecified atom stereocenters. The second kappa shape index (κ2) is 5.26. The molecule has 1 aromatic rings. The summed E-state index contributed by atoms with van der Waals surface area (Å²) in [4.78, 5) is 0.363. The lowest BCUT2D eigenvalue weighted by Crippen LogP contribution is -2.53. The van der Waals surface area contributed by atoms with E-state index >= 15 is 0 Å². The van der Waals surface area contributed by atoms with Crippen molar-refractivity contribution in [3.63, 3.8) is 0 Å². The second-order valence-corrected chi connectivity index (χ2v) is 8.34. The third-order valence-corrected chi connectivity index (χ3v) is 5.74. The molecule has 2 rings (SSSR count). The summed E-state index contributed by atoms with van der Waals surface area (Å²) in [5, 5.41) is 0. The Kier molecular flexibility index (Phi) is 4.08. The summed E-state index contributed by atoms with van der Waals surface area (Å²) in [6, 6.07) is 3.41. The smallest absolute Gasteiger partial charge is 0.243 e. The van der Waals surface area contributed by atoms with Gasteiger partial charge in [0.1, 0.15) is 0 Å². The highest BCUT2D eigenvalue weighted by Crippen LogP contribution is 2.30. The molecule has 2 N–H and O–H groups in total. The van der Waals surface area contributed by atoms with Crippen LogP contribution in [0.2, 0.25) is 0 Å². The Morgan fingerprint density at radius 3 is 2.29 bits per heavy atom. The zero-order valence-corrected chi connectivity index (χ0v) is 14.1. The Morgan fingerprint density at radius 2 is 1.81 bits per heavy atom. The first-order valence-corrected chi connectivity index (χ1v) is 8.51. The fourth-order valence-corrected chi connectivity index (χ4v) is 5.17. The van der Waals surface area contributed by atoms with Gasteiger partial charge in [-0.15, -0.1) is 0 Å². The van der Waals surface area contributed by atoms with Gasteiger partial charge in [-0.25, -0.2) is 8.42 Å². The molecule has 1 aliphatic heterocycles. The lowest BCUT2D eigenvalue weighted by atomic mass is 10.1. The van der Waals surface area contributed by atoms with Gasteiger partial charge in [-0.05, 0) is 57.9 Å². The number of ether oxygens (including phenoxy) is 1. The zero-order valence-electron chi connectivity index (χ0n) is 13.3. The highest BCUT2D eigenvalue weighted by atomic mass is 32.2. The molecule has 118 valence electrons. The van der Waals surface area contributed by atoms with Gasteiger partial charge in [0.15, 0.2) is 0 Å². The predicted molar refractivity (Wildman–Crippen MR) is 83.7 cm³/mol. The quantitative estimate of drug-likeness (QED) is 0.849. The summed E-state index contributed by atoms with van der Waals surface area (Å²) >= 11 is 0. The van der Waals surface area contributed by atoms with Crippen LogP contribution in [0.15, 0.2) is 17.0 Å². The molecule has 1 aromatic carbocycles. The third-order valence-electron chi connectivity index (χ3n) is 3.62. The SMILES string of the molecule is Cc1cc(N)cc(C)c1S(=O)(=O)N1CC(C)OC(C)(C)C1. The molecule has 21 heavy (non-hydrogen) atoms. The highest BCUT2D eigenvalue weighted by Gasteiger charge is 2.38. The van der Waals surface area contributed by atoms with E-state index in [-0.39, 0.29) is 6.10 Å². The molecule has 0 bridgehead atoms. The summed E-state index contributed by atoms with van der Waals surface area (Å²) in [5.41, 5.74) is 7.25. The maximum atomic E-state index is 13.0. The van der Waals surface area contributed by atoms with Crippen molar-refractivity contribution in [2.24, 2.45) is 0 Å². The Labute approximate surface area is 127 Å². The van der Waals surface area contributed by atoms with Gasteiger partial charge in [0.2, 0.25) is 10.0 Å². The van der Waals surface area contributed by atoms with Crippen LogP contribution in [0, 0.1) is 13.8 Å². The summed E-state index contributed by atoms with van der Waals surface area (Å²) in [5.74, 6) is 0. The first kappa shape index (κ1) is 16.3. The zero-order chi connectivity index (χ0) is 16.0. The minimum absolute atomic E-state index is 0.127. The number of hydrogen-bond acceptors (Lipinski definition) is 4. The number of rotatable bonds is 2. The lowest BCUT2D eigenvalue weighted by molar-refractivity contribution is -0.109. The molecule has 1 fully saturated rings. The summed E-state index contributed by atoms with van der Waals surface area (Å²) < 4.78 is 33.3. The predicted octanol–water partition coefficient (Wildman–Crippen LogP) is 2.07. The Hall–Kier alpha value is -1.11. The van der Waals surface area contributed by atoms with Gasteiger partial charge < -0.3 is 10.5 Å². The third kappa shape index (κ3) is 3.22. The molecular weight excluding hydrogens is 288 g/mol. The van der Waals surface area contributed by atoms with Crippen LogP contribution in [0.5, 0.6) is 0 Å². The number of benzene rings is 1. The van der Waals surface area contributed by atoms with Gasteiger partial charge >= 0.3 is 0 Å². The van der Waals surface area contributed by atoms with E-state index < -0.39 is 15.6 Å². The molecule has 1 aliphatic rings. The maximum Gasteiger partial charge on any atom is 0.243 e. The molecule has 1 atom stereocenters. The van der Waals surface area contributed by atoms with Crippen LogP contribution in [0.3, 0.4) is 0 Å². The van der Waals surface area contributed by atoms with E-state index in [1.165, 1.54) is 4.31 Å². The number of nitrogens with two attached hydrogens (primary N) is 1. The van der Waals surface area contributed by atoms with Crippen LogP contribution in [0.1, 0.15) is 31.9 Å². The number of anilines is 1. The fourth-order valence-electron chi connectivity index (χ4n) is 3.10. The maximum absolute atomic E-state index is 13.0. The number of morpholine rings is 1. The molecule has 6 heteroatoms. The molecule has 0 radical (unpaired) electrons. The van der Waals surface area contributed by atoms with Gasteiger partial charge in [-0.2, -0.15) is 4.31 Å². The molecule has 1 heterocycles. The van der Waals surface area contributed by atoms with E-state index in [0.717, 1.165) is 0 Å². The van der Waals surface area contributed by atoms with Crippen molar-refractivity contribution < 1.29 is 13.2 Å². The van der Waals surface area contributed by atoms with Crippen LogP contribution in [-0.4, -0.2) is 37.5 Å². The molecule has 0 aromatic heterocycles. The average molecular weight is 312 g/mol. The Morgan fingerprint density at radius 1 is 1.29 bits per heavy atom. The van der Waals surface area contributed by atoms with Crippen molar-refractivity contribution >= 4 is 15.7 Å². The van der Waals surface area contributed by atoms with Gasteiger partial charge in [-0.1, -0.05) is 0 Å². The average Bonchev–Trinajstić information content (AvgIpc) is 2.23. The van der Waals surface area contributed by atoms with Crippen molar-refractivity contribution in [2.45, 2.75) is 51.2 Å². The van der Waals surface area contributed by atoms with E-state index in [4.69, 9.17) is 10.5 Å². The standard InChI is InChI=1S/C15H24N2O3S/c1-10-6-13(16)7-11(2)14(10)21(18,19)17-8-12(3)20-15(4,5)9-17/h6-7,12H,8-9,16H2,1-5H3. The Bertz CT molecular complexity index is 630. The van der Waals surface area contributed by atoms with Crippen molar-refractivity contribution in [3.05, 3.63) is 23.3 Å². The highest BCUT2D eigenvalue weighted by molar-refractivity contribution is 7.89. The molecule has 1 saturated heterocycles. The van der Waals surface area contributed by atoms with Crippen molar-refractivity contribution in [2.75, 3.05) is 18.8 Å². The first-order valence-electron chi connectivity index (χ1n) is 7.07. The van der Waals surface area contributed by atoms with Crippen LogP contribution in [-0.2, 0) is 14.8 Å². The van der Waals surface area contributed by atoms with Crippen LogP contribution in [0.4, 0.5) is 5.69 Å². The number of aryl methyl sites for hydroxylation is 2. The number of nitrogen functional groups attached to an aromatic ring is 1. The minimum Gasteiger partial charge on any atom is -0.399 e. The summed E-state index contributed by atoms with van der Waals surface area (Å²) in [6.07, 6.45) is -0.127. The Balaban J connectivity index is 2.48. The molecule has 0 amide bonds. The van der Waals surface area contributed by atoms with Crippen LogP contribution in [0.25, 0.3) is 0 Å². The normalized spacial score (nSPS) is 23.2. The largest absolute Gasteiger partial charge is 0.399 e. The van der Waals surface area contributed by atoms with E-state index in [2.05, 4.69) is 0 Å². The summed E-state index contributed by atoms with van der Waals surface area (Å²) in [7, 11) is -3.55. The van der Waals surface area contributed by atoms with Gasteiger partial charge in [-0.3, -0.25) is 0 Å².